The molecule has 0 saturated carbocycles. The topological polar surface area (TPSA) is 101 Å². The van der Waals surface area contributed by atoms with E-state index in [0.717, 1.165) is 42.6 Å². The Hall–Kier alpha value is -3.56. The highest BCUT2D eigenvalue weighted by Crippen LogP contribution is 2.35. The summed E-state index contributed by atoms with van der Waals surface area (Å²) in [5.74, 6) is 0.606. The van der Waals surface area contributed by atoms with Crippen LogP contribution < -0.4 is 0 Å². The van der Waals surface area contributed by atoms with E-state index in [2.05, 4.69) is 30.2 Å². The molecule has 8 nitrogen and oxygen atoms in total. The molecule has 6 heterocycles. The van der Waals surface area contributed by atoms with Crippen molar-refractivity contribution in [1.82, 2.24) is 39.9 Å². The first kappa shape index (κ1) is 17.3. The van der Waals surface area contributed by atoms with Crippen molar-refractivity contribution in [3.05, 3.63) is 53.3 Å². The smallest absolute Gasteiger partial charge is 0.178 e. The Morgan fingerprint density at radius 2 is 2.03 bits per heavy atom. The molecule has 6 aromatic heterocycles. The molecule has 0 fully saturated rings. The van der Waals surface area contributed by atoms with Crippen molar-refractivity contribution in [2.75, 3.05) is 0 Å². The highest BCUT2D eigenvalue weighted by atomic mass is 35.5. The number of fused-ring (bicyclic) bond motifs is 2. The van der Waals surface area contributed by atoms with Gasteiger partial charge >= 0.3 is 0 Å². The summed E-state index contributed by atoms with van der Waals surface area (Å²) in [6.07, 6.45) is 5.46. The van der Waals surface area contributed by atoms with Gasteiger partial charge in [-0.05, 0) is 30.3 Å². The third kappa shape index (κ3) is 2.71. The third-order valence-corrected chi connectivity index (χ3v) is 6.13. The zero-order chi connectivity index (χ0) is 20.2. The molecular formula is C20H13ClN8S. The number of nitrogens with one attached hydrogen (secondary N) is 2. The molecule has 0 bridgehead atoms. The minimum atomic E-state index is 0.606. The summed E-state index contributed by atoms with van der Waals surface area (Å²) in [5.41, 5.74) is 6.42. The van der Waals surface area contributed by atoms with Gasteiger partial charge in [0, 0.05) is 35.4 Å². The van der Waals surface area contributed by atoms with Gasteiger partial charge in [-0.15, -0.1) is 11.3 Å². The summed E-state index contributed by atoms with van der Waals surface area (Å²) in [4.78, 5) is 18.3. The number of aromatic nitrogens is 8. The lowest BCUT2D eigenvalue weighted by Crippen LogP contribution is -1.87. The normalized spacial score (nSPS) is 11.7. The zero-order valence-corrected chi connectivity index (χ0v) is 17.2. The highest BCUT2D eigenvalue weighted by molar-refractivity contribution is 7.19. The van der Waals surface area contributed by atoms with E-state index in [1.54, 1.807) is 17.1 Å². The molecule has 0 aliphatic rings. The summed E-state index contributed by atoms with van der Waals surface area (Å²) in [7, 11) is 1.88. The maximum Gasteiger partial charge on any atom is 0.178 e. The third-order valence-electron chi connectivity index (χ3n) is 4.86. The highest BCUT2D eigenvalue weighted by Gasteiger charge is 2.18. The molecule has 0 spiro atoms. The molecule has 0 radical (unpaired) electrons. The summed E-state index contributed by atoms with van der Waals surface area (Å²) in [6.45, 7) is 0. The van der Waals surface area contributed by atoms with E-state index in [4.69, 9.17) is 16.6 Å². The molecule has 0 amide bonds. The van der Waals surface area contributed by atoms with Crippen LogP contribution >= 0.6 is 22.9 Å². The Labute approximate surface area is 178 Å². The van der Waals surface area contributed by atoms with Crippen molar-refractivity contribution in [1.29, 1.82) is 0 Å². The fraction of sp³-hybridized carbons (Fsp3) is 0.0500. The van der Waals surface area contributed by atoms with Gasteiger partial charge in [-0.3, -0.25) is 9.78 Å². The molecular weight excluding hydrogens is 420 g/mol. The second kappa shape index (κ2) is 6.48. The number of H-pyrrole nitrogens is 2. The zero-order valence-electron chi connectivity index (χ0n) is 15.6. The number of imidazole rings is 1. The maximum absolute atomic E-state index is 6.13. The van der Waals surface area contributed by atoms with Gasteiger partial charge in [-0.1, -0.05) is 11.6 Å². The van der Waals surface area contributed by atoms with E-state index in [1.807, 2.05) is 43.6 Å². The average molecular weight is 433 g/mol. The first-order valence-electron chi connectivity index (χ1n) is 9.11. The van der Waals surface area contributed by atoms with Gasteiger partial charge in [0.1, 0.15) is 5.52 Å². The van der Waals surface area contributed by atoms with E-state index in [-0.39, 0.29) is 0 Å². The van der Waals surface area contributed by atoms with Crippen LogP contribution in [0.25, 0.3) is 55.4 Å². The first-order valence-corrected chi connectivity index (χ1v) is 10.3. The molecule has 6 rings (SSSR count). The molecule has 0 aliphatic carbocycles. The Morgan fingerprint density at radius 3 is 2.83 bits per heavy atom. The van der Waals surface area contributed by atoms with E-state index >= 15 is 0 Å². The number of hydrogen-bond donors (Lipinski definition) is 2. The number of halogens is 1. The minimum Gasteiger partial charge on any atom is -0.335 e. The number of pyridine rings is 2. The summed E-state index contributed by atoms with van der Waals surface area (Å²) in [5, 5.41) is 11.7. The van der Waals surface area contributed by atoms with Crippen molar-refractivity contribution in [2.45, 2.75) is 0 Å². The SMILES string of the molecule is Cn1cc(-c2ccc3[nH]nc(-c4nc5nccc(-c6ccc(Cl)s6)c5[nH]4)c3n2)cn1. The quantitative estimate of drug-likeness (QED) is 0.423. The van der Waals surface area contributed by atoms with Gasteiger partial charge in [0.15, 0.2) is 17.2 Å². The molecule has 0 unspecified atom stereocenters. The standard InChI is InChI=1S/C20H13ClN8S/c1-29-9-10(8-23-29)12-2-3-13-17(24-12)18(28-27-13)20-25-16-11(6-7-22-19(16)26-20)14-4-5-15(21)30-14/h2-9H,1H3,(H,27,28)(H,22,25,26). The van der Waals surface area contributed by atoms with Crippen LogP contribution in [0.3, 0.4) is 0 Å². The minimum absolute atomic E-state index is 0.606. The molecule has 146 valence electrons. The van der Waals surface area contributed by atoms with Crippen LogP contribution in [0.5, 0.6) is 0 Å². The number of hydrogen-bond acceptors (Lipinski definition) is 6. The van der Waals surface area contributed by atoms with E-state index in [0.29, 0.717) is 17.2 Å². The van der Waals surface area contributed by atoms with E-state index in [1.165, 1.54) is 11.3 Å². The molecule has 0 aromatic carbocycles. The van der Waals surface area contributed by atoms with Gasteiger partial charge in [0.2, 0.25) is 0 Å². The lowest BCUT2D eigenvalue weighted by molar-refractivity contribution is 0.768. The predicted molar refractivity (Wildman–Crippen MR) is 117 cm³/mol. The van der Waals surface area contributed by atoms with Crippen LogP contribution in [0.4, 0.5) is 0 Å². The number of aryl methyl sites for hydroxylation is 1. The van der Waals surface area contributed by atoms with Crippen molar-refractivity contribution >= 4 is 45.1 Å². The molecule has 10 heteroatoms. The second-order valence-electron chi connectivity index (χ2n) is 6.81. The van der Waals surface area contributed by atoms with Gasteiger partial charge < -0.3 is 4.98 Å². The van der Waals surface area contributed by atoms with Crippen LogP contribution in [0.2, 0.25) is 4.34 Å². The summed E-state index contributed by atoms with van der Waals surface area (Å²) >= 11 is 7.64. The predicted octanol–water partition coefficient (Wildman–Crippen LogP) is 4.68. The van der Waals surface area contributed by atoms with E-state index < -0.39 is 0 Å². The molecule has 2 N–H and O–H groups in total. The lowest BCUT2D eigenvalue weighted by atomic mass is 10.2. The molecule has 0 aliphatic heterocycles. The van der Waals surface area contributed by atoms with Crippen molar-refractivity contribution in [3.63, 3.8) is 0 Å². The molecule has 30 heavy (non-hydrogen) atoms. The molecule has 0 saturated heterocycles. The van der Waals surface area contributed by atoms with Gasteiger partial charge in [-0.25, -0.2) is 15.0 Å². The Morgan fingerprint density at radius 1 is 1.10 bits per heavy atom. The van der Waals surface area contributed by atoms with Crippen LogP contribution in [0.15, 0.2) is 48.9 Å². The number of aromatic amines is 2. The fourth-order valence-corrected chi connectivity index (χ4v) is 4.54. The van der Waals surface area contributed by atoms with Gasteiger partial charge in [0.25, 0.3) is 0 Å². The second-order valence-corrected chi connectivity index (χ2v) is 8.53. The Balaban J connectivity index is 1.52. The Kier molecular flexibility index (Phi) is 3.74. The Bertz CT molecular complexity index is 1540. The molecule has 0 atom stereocenters. The van der Waals surface area contributed by atoms with E-state index in [9.17, 15) is 0 Å². The van der Waals surface area contributed by atoms with Crippen molar-refractivity contribution in [2.24, 2.45) is 7.05 Å². The average Bonchev–Trinajstić information content (AvgIpc) is 3.52. The monoisotopic (exact) mass is 432 g/mol. The summed E-state index contributed by atoms with van der Waals surface area (Å²) < 4.78 is 2.49. The van der Waals surface area contributed by atoms with Crippen molar-refractivity contribution in [3.8, 4) is 33.2 Å². The number of nitrogens with zero attached hydrogens (tertiary/aromatic N) is 6. The van der Waals surface area contributed by atoms with Gasteiger partial charge in [0.05, 0.1) is 27.3 Å². The summed E-state index contributed by atoms with van der Waals surface area (Å²) in [6, 6.07) is 9.74. The van der Waals surface area contributed by atoms with Gasteiger partial charge in [-0.2, -0.15) is 10.2 Å². The fourth-order valence-electron chi connectivity index (χ4n) is 3.47. The van der Waals surface area contributed by atoms with Crippen LogP contribution in [0, 0.1) is 0 Å². The lowest BCUT2D eigenvalue weighted by Gasteiger charge is -1.98. The van der Waals surface area contributed by atoms with Crippen LogP contribution in [0.1, 0.15) is 0 Å². The van der Waals surface area contributed by atoms with Crippen LogP contribution in [-0.2, 0) is 7.05 Å². The number of thiophene rings is 1. The van der Waals surface area contributed by atoms with Crippen LogP contribution in [-0.4, -0.2) is 39.9 Å². The first-order chi connectivity index (χ1) is 14.7. The molecule has 6 aromatic rings. The maximum atomic E-state index is 6.13. The van der Waals surface area contributed by atoms with Crippen molar-refractivity contribution < 1.29 is 0 Å². The largest absolute Gasteiger partial charge is 0.335 e. The number of rotatable bonds is 3.